The molecule has 0 unspecified atom stereocenters. The van der Waals surface area contributed by atoms with E-state index >= 15 is 0 Å². The van der Waals surface area contributed by atoms with Crippen molar-refractivity contribution in [1.29, 1.82) is 10.5 Å². The summed E-state index contributed by atoms with van der Waals surface area (Å²) in [5.41, 5.74) is 9.18. The SMILES string of the molecule is CN1CN2c3cc(Oc4ccc5c6ccccc6n(-c6ccccn6)c5c4)ccc3C3(c4cc(C#N)ccc4Oc4ccc(C#N)cc43)c3cccc1c32. The molecule has 0 N–H and O–H groups in total. The molecular formula is C46H28N6O2. The molecule has 0 saturated heterocycles. The lowest BCUT2D eigenvalue weighted by atomic mass is 9.61. The van der Waals surface area contributed by atoms with E-state index in [1.807, 2.05) is 60.8 Å². The summed E-state index contributed by atoms with van der Waals surface area (Å²) in [4.78, 5) is 9.29. The van der Waals surface area contributed by atoms with Crippen LogP contribution < -0.4 is 19.3 Å². The van der Waals surface area contributed by atoms with E-state index in [9.17, 15) is 10.5 Å². The number of benzene rings is 6. The predicted octanol–water partition coefficient (Wildman–Crippen LogP) is 10.1. The minimum absolute atomic E-state index is 0.531. The van der Waals surface area contributed by atoms with Crippen LogP contribution in [0.3, 0.4) is 0 Å². The Hall–Kier alpha value is -7.55. The largest absolute Gasteiger partial charge is 0.457 e. The molecule has 5 heterocycles. The van der Waals surface area contributed by atoms with Gasteiger partial charge in [0.15, 0.2) is 0 Å². The van der Waals surface area contributed by atoms with Crippen LogP contribution in [0, 0.1) is 22.7 Å². The van der Waals surface area contributed by atoms with E-state index in [4.69, 9.17) is 14.5 Å². The Balaban J connectivity index is 1.14. The van der Waals surface area contributed by atoms with Gasteiger partial charge in [-0.2, -0.15) is 10.5 Å². The van der Waals surface area contributed by atoms with Crippen LogP contribution >= 0.6 is 0 Å². The van der Waals surface area contributed by atoms with Crippen molar-refractivity contribution in [3.05, 3.63) is 173 Å². The Labute approximate surface area is 310 Å². The van der Waals surface area contributed by atoms with Crippen LogP contribution in [-0.2, 0) is 5.41 Å². The van der Waals surface area contributed by atoms with Gasteiger partial charge in [0.05, 0.1) is 63.4 Å². The zero-order chi connectivity index (χ0) is 36.1. The molecule has 0 atom stereocenters. The Morgan fingerprint density at radius 2 is 1.37 bits per heavy atom. The molecule has 0 amide bonds. The highest BCUT2D eigenvalue weighted by Crippen LogP contribution is 2.64. The molecule has 8 aromatic rings. The van der Waals surface area contributed by atoms with E-state index < -0.39 is 5.41 Å². The Kier molecular flexibility index (Phi) is 6.12. The topological polar surface area (TPSA) is 90.3 Å². The number of fused-ring (bicyclic) bond motifs is 11. The molecule has 8 nitrogen and oxygen atoms in total. The van der Waals surface area contributed by atoms with Crippen LogP contribution in [0.1, 0.15) is 33.4 Å². The highest BCUT2D eigenvalue weighted by molar-refractivity contribution is 6.09. The number of hydrogen-bond acceptors (Lipinski definition) is 7. The quantitative estimate of drug-likeness (QED) is 0.182. The predicted molar refractivity (Wildman–Crippen MR) is 208 cm³/mol. The number of aromatic nitrogens is 2. The first-order chi connectivity index (χ1) is 26.6. The second-order valence-electron chi connectivity index (χ2n) is 13.9. The van der Waals surface area contributed by atoms with Crippen molar-refractivity contribution in [2.75, 3.05) is 23.5 Å². The molecule has 11 rings (SSSR count). The number of anilines is 3. The lowest BCUT2D eigenvalue weighted by molar-refractivity contribution is 0.433. The minimum atomic E-state index is -0.897. The van der Waals surface area contributed by atoms with Gasteiger partial charge in [-0.25, -0.2) is 4.98 Å². The van der Waals surface area contributed by atoms with E-state index in [-0.39, 0.29) is 0 Å². The first kappa shape index (κ1) is 30.1. The number of pyridine rings is 1. The van der Waals surface area contributed by atoms with Crippen LogP contribution in [0.5, 0.6) is 23.0 Å². The monoisotopic (exact) mass is 696 g/mol. The van der Waals surface area contributed by atoms with Crippen molar-refractivity contribution in [2.24, 2.45) is 0 Å². The second-order valence-corrected chi connectivity index (χ2v) is 13.9. The highest BCUT2D eigenvalue weighted by Gasteiger charge is 2.53. The summed E-state index contributed by atoms with van der Waals surface area (Å²) in [6.07, 6.45) is 1.81. The second kappa shape index (κ2) is 11.0. The molecule has 8 heteroatoms. The van der Waals surface area contributed by atoms with Crippen LogP contribution in [0.2, 0.25) is 0 Å². The van der Waals surface area contributed by atoms with Gasteiger partial charge in [0, 0.05) is 47.3 Å². The Morgan fingerprint density at radius 1 is 0.648 bits per heavy atom. The molecule has 6 aromatic carbocycles. The van der Waals surface area contributed by atoms with Gasteiger partial charge in [-0.05, 0) is 90.0 Å². The number of rotatable bonds is 3. The number of para-hydroxylation sites is 2. The molecule has 0 fully saturated rings. The molecule has 0 bridgehead atoms. The maximum absolute atomic E-state index is 10.1. The fourth-order valence-electron chi connectivity index (χ4n) is 8.93. The minimum Gasteiger partial charge on any atom is -0.457 e. The molecule has 2 aromatic heterocycles. The summed E-state index contributed by atoms with van der Waals surface area (Å²) in [7, 11) is 2.10. The molecule has 0 radical (unpaired) electrons. The normalized spacial score (nSPS) is 14.1. The summed E-state index contributed by atoms with van der Waals surface area (Å²) < 4.78 is 15.5. The fraction of sp³-hybridized carbons (Fsp3) is 0.0652. The van der Waals surface area contributed by atoms with E-state index in [2.05, 4.69) is 100 Å². The lowest BCUT2D eigenvalue weighted by Crippen LogP contribution is -2.40. The van der Waals surface area contributed by atoms with Gasteiger partial charge >= 0.3 is 0 Å². The third kappa shape index (κ3) is 3.97. The molecule has 0 aliphatic carbocycles. The number of ether oxygens (including phenoxy) is 2. The average Bonchev–Trinajstić information content (AvgIpc) is 3.74. The van der Waals surface area contributed by atoms with Crippen LogP contribution in [0.15, 0.2) is 140 Å². The Bertz CT molecular complexity index is 2930. The maximum atomic E-state index is 10.1. The molecule has 3 aliphatic rings. The third-order valence-corrected chi connectivity index (χ3v) is 11.1. The maximum Gasteiger partial charge on any atom is 0.137 e. The van der Waals surface area contributed by atoms with E-state index in [0.717, 1.165) is 66.9 Å². The summed E-state index contributed by atoms with van der Waals surface area (Å²) in [6.45, 7) is 0.641. The van der Waals surface area contributed by atoms with Gasteiger partial charge < -0.3 is 19.3 Å². The van der Waals surface area contributed by atoms with Crippen LogP contribution in [0.25, 0.3) is 27.6 Å². The smallest absolute Gasteiger partial charge is 0.137 e. The summed E-state index contributed by atoms with van der Waals surface area (Å²) in [5.74, 6) is 3.57. The van der Waals surface area contributed by atoms with E-state index in [1.54, 1.807) is 12.1 Å². The van der Waals surface area contributed by atoms with Crippen molar-refractivity contribution in [2.45, 2.75) is 5.41 Å². The standard InChI is InChI=1S/C46H28N6O2/c1-50-27-51-41-24-31(53-30-14-16-33-32-7-2-3-9-38(32)52(40(33)23-30)44-11-4-5-20-49-44)15-17-34(41)46(35-8-6-10-39(50)45(35)51)36-21-28(25-47)12-18-42(36)54-43-19-13-29(26-48)22-37(43)46/h2-24H,27H2,1H3. The number of nitrogens with zero attached hydrogens (tertiary/aromatic N) is 6. The van der Waals surface area contributed by atoms with Crippen LogP contribution in [0.4, 0.5) is 17.1 Å². The molecule has 0 saturated carbocycles. The average molecular weight is 697 g/mol. The molecule has 254 valence electrons. The van der Waals surface area contributed by atoms with Gasteiger partial charge in [-0.15, -0.1) is 0 Å². The molecular weight excluding hydrogens is 669 g/mol. The first-order valence-electron chi connectivity index (χ1n) is 17.7. The van der Waals surface area contributed by atoms with Crippen LogP contribution in [-0.4, -0.2) is 23.3 Å². The van der Waals surface area contributed by atoms with Crippen molar-refractivity contribution < 1.29 is 9.47 Å². The molecule has 3 aliphatic heterocycles. The number of hydrogen-bond donors (Lipinski definition) is 0. The van der Waals surface area contributed by atoms with Gasteiger partial charge in [0.25, 0.3) is 0 Å². The molecule has 1 spiro atoms. The van der Waals surface area contributed by atoms with Crippen molar-refractivity contribution >= 4 is 38.9 Å². The summed E-state index contributed by atoms with van der Waals surface area (Å²) in [5, 5.41) is 22.5. The lowest BCUT2D eigenvalue weighted by Gasteiger charge is -2.47. The van der Waals surface area contributed by atoms with Crippen molar-refractivity contribution in [3.63, 3.8) is 0 Å². The first-order valence-corrected chi connectivity index (χ1v) is 17.7. The van der Waals surface area contributed by atoms with Gasteiger partial charge in [0.2, 0.25) is 0 Å². The molecule has 54 heavy (non-hydrogen) atoms. The fourth-order valence-corrected chi connectivity index (χ4v) is 8.93. The van der Waals surface area contributed by atoms with Gasteiger partial charge in [-0.3, -0.25) is 4.57 Å². The van der Waals surface area contributed by atoms with Crippen molar-refractivity contribution in [1.82, 2.24) is 9.55 Å². The zero-order valence-electron chi connectivity index (χ0n) is 29.0. The summed E-state index contributed by atoms with van der Waals surface area (Å²) >= 11 is 0. The third-order valence-electron chi connectivity index (χ3n) is 11.1. The highest BCUT2D eigenvalue weighted by atomic mass is 16.5. The van der Waals surface area contributed by atoms with Crippen molar-refractivity contribution in [3.8, 4) is 41.0 Å². The number of nitriles is 2. The van der Waals surface area contributed by atoms with Gasteiger partial charge in [0.1, 0.15) is 28.8 Å². The zero-order valence-corrected chi connectivity index (χ0v) is 29.0. The Morgan fingerprint density at radius 3 is 2.13 bits per heavy atom. The van der Waals surface area contributed by atoms with E-state index in [0.29, 0.717) is 40.8 Å². The van der Waals surface area contributed by atoms with E-state index in [1.165, 1.54) is 0 Å². The van der Waals surface area contributed by atoms with Gasteiger partial charge in [-0.1, -0.05) is 42.5 Å². The summed E-state index contributed by atoms with van der Waals surface area (Å²) in [6, 6.07) is 49.2.